The van der Waals surface area contributed by atoms with Crippen molar-refractivity contribution in [2.45, 2.75) is 13.1 Å². The molecule has 1 unspecified atom stereocenters. The third-order valence-electron chi connectivity index (χ3n) is 3.25. The van der Waals surface area contributed by atoms with E-state index in [-0.39, 0.29) is 17.7 Å². The number of aromatic hydroxyl groups is 2. The van der Waals surface area contributed by atoms with Crippen LogP contribution < -0.4 is 4.90 Å². The molecule has 1 aromatic carbocycles. The van der Waals surface area contributed by atoms with Gasteiger partial charge in [-0.25, -0.2) is 9.98 Å². The highest BCUT2D eigenvalue weighted by Gasteiger charge is 2.25. The van der Waals surface area contributed by atoms with Gasteiger partial charge in [-0.3, -0.25) is 4.90 Å². The molecule has 1 aliphatic heterocycles. The molecule has 7 heteroatoms. The lowest BCUT2D eigenvalue weighted by atomic mass is 10.2. The molecule has 0 radical (unpaired) electrons. The summed E-state index contributed by atoms with van der Waals surface area (Å²) in [6.45, 7) is 1.92. The van der Waals surface area contributed by atoms with E-state index in [9.17, 15) is 10.2 Å². The Morgan fingerprint density at radius 3 is 2.24 bits per heavy atom. The molecule has 1 heterocycles. The van der Waals surface area contributed by atoms with Crippen molar-refractivity contribution in [1.29, 1.82) is 0 Å². The first-order valence-electron chi connectivity index (χ1n) is 6.63. The zero-order valence-corrected chi connectivity index (χ0v) is 12.9. The fourth-order valence-corrected chi connectivity index (χ4v) is 2.19. The zero-order chi connectivity index (χ0) is 15.7. The third kappa shape index (κ3) is 2.86. The van der Waals surface area contributed by atoms with Gasteiger partial charge in [0.2, 0.25) is 11.9 Å². The number of phenolic OH excluding ortho intramolecular Hbond substituents is 2. The quantitative estimate of drug-likeness (QED) is 0.758. The molecule has 0 saturated heterocycles. The van der Waals surface area contributed by atoms with Gasteiger partial charge in [-0.2, -0.15) is 0 Å². The van der Waals surface area contributed by atoms with Gasteiger partial charge in [0.05, 0.1) is 0 Å². The molecule has 0 bridgehead atoms. The number of anilines is 1. The van der Waals surface area contributed by atoms with Crippen LogP contribution in [0.15, 0.2) is 28.2 Å². The number of nitrogens with zero attached hydrogens (tertiary/aromatic N) is 5. The van der Waals surface area contributed by atoms with Gasteiger partial charge in [0, 0.05) is 39.9 Å². The molecule has 2 N–H and O–H groups in total. The Morgan fingerprint density at radius 2 is 1.67 bits per heavy atom. The summed E-state index contributed by atoms with van der Waals surface area (Å²) in [7, 11) is 7.60. The number of benzene rings is 1. The molecule has 0 fully saturated rings. The minimum absolute atomic E-state index is 0.144. The predicted molar refractivity (Wildman–Crippen MR) is 84.0 cm³/mol. The Labute approximate surface area is 124 Å². The molecule has 1 atom stereocenters. The number of hydrogen-bond donors (Lipinski definition) is 2. The van der Waals surface area contributed by atoms with E-state index < -0.39 is 0 Å². The van der Waals surface area contributed by atoms with Gasteiger partial charge in [0.25, 0.3) is 0 Å². The average Bonchev–Trinajstić information content (AvgIpc) is 2.43. The predicted octanol–water partition coefficient (Wildman–Crippen LogP) is 1.10. The van der Waals surface area contributed by atoms with Crippen LogP contribution in [0.5, 0.6) is 11.5 Å². The first-order chi connectivity index (χ1) is 9.81. The highest BCUT2D eigenvalue weighted by atomic mass is 16.3. The Bertz CT molecular complexity index is 597. The van der Waals surface area contributed by atoms with Gasteiger partial charge in [-0.1, -0.05) is 0 Å². The van der Waals surface area contributed by atoms with Gasteiger partial charge in [-0.05, 0) is 19.1 Å². The molecule has 1 aromatic rings. The Hall–Kier alpha value is -2.44. The van der Waals surface area contributed by atoms with E-state index in [1.807, 2.05) is 49.8 Å². The van der Waals surface area contributed by atoms with Crippen molar-refractivity contribution in [1.82, 2.24) is 9.80 Å². The molecule has 21 heavy (non-hydrogen) atoms. The van der Waals surface area contributed by atoms with Gasteiger partial charge >= 0.3 is 0 Å². The molecular weight excluding hydrogens is 270 g/mol. The molecule has 0 spiro atoms. The van der Waals surface area contributed by atoms with Crippen LogP contribution in [0.25, 0.3) is 0 Å². The monoisotopic (exact) mass is 291 g/mol. The molecule has 1 aliphatic rings. The molecule has 2 rings (SSSR count). The Balaban J connectivity index is 2.34. The summed E-state index contributed by atoms with van der Waals surface area (Å²) in [6, 6.07) is 4.67. The second-order valence-corrected chi connectivity index (χ2v) is 5.18. The highest BCUT2D eigenvalue weighted by molar-refractivity contribution is 6.07. The largest absolute Gasteiger partial charge is 0.504 e. The first-order valence-corrected chi connectivity index (χ1v) is 6.63. The lowest BCUT2D eigenvalue weighted by molar-refractivity contribution is 0.404. The van der Waals surface area contributed by atoms with Crippen molar-refractivity contribution < 1.29 is 10.2 Å². The smallest absolute Gasteiger partial charge is 0.209 e. The van der Waals surface area contributed by atoms with E-state index in [2.05, 4.69) is 9.98 Å². The van der Waals surface area contributed by atoms with Gasteiger partial charge in [-0.15, -0.1) is 0 Å². The Morgan fingerprint density at radius 1 is 1.05 bits per heavy atom. The summed E-state index contributed by atoms with van der Waals surface area (Å²) in [5, 5.41) is 19.1. The van der Waals surface area contributed by atoms with Crippen LogP contribution in [0, 0.1) is 0 Å². The van der Waals surface area contributed by atoms with Crippen molar-refractivity contribution in [2.75, 3.05) is 33.1 Å². The molecule has 0 aromatic heterocycles. The van der Waals surface area contributed by atoms with Gasteiger partial charge < -0.3 is 20.0 Å². The third-order valence-corrected chi connectivity index (χ3v) is 3.25. The normalized spacial score (nSPS) is 18.1. The van der Waals surface area contributed by atoms with Gasteiger partial charge in [0.1, 0.15) is 6.17 Å². The second kappa shape index (κ2) is 5.51. The lowest BCUT2D eigenvalue weighted by Gasteiger charge is -2.35. The van der Waals surface area contributed by atoms with Crippen molar-refractivity contribution in [3.8, 4) is 11.5 Å². The van der Waals surface area contributed by atoms with E-state index in [1.54, 1.807) is 6.07 Å². The maximum absolute atomic E-state index is 9.64. The van der Waals surface area contributed by atoms with E-state index in [0.717, 1.165) is 11.6 Å². The maximum atomic E-state index is 9.64. The maximum Gasteiger partial charge on any atom is 0.209 e. The van der Waals surface area contributed by atoms with Gasteiger partial charge in [0.15, 0.2) is 11.5 Å². The number of aliphatic imine (C=N–C) groups is 2. The summed E-state index contributed by atoms with van der Waals surface area (Å²) < 4.78 is 0. The van der Waals surface area contributed by atoms with Crippen LogP contribution in [0.3, 0.4) is 0 Å². The highest BCUT2D eigenvalue weighted by Crippen LogP contribution is 2.29. The Kier molecular flexibility index (Phi) is 3.93. The van der Waals surface area contributed by atoms with E-state index >= 15 is 0 Å². The summed E-state index contributed by atoms with van der Waals surface area (Å²) >= 11 is 0. The fraction of sp³-hybridized carbons (Fsp3) is 0.429. The number of hydrogen-bond acceptors (Lipinski definition) is 7. The van der Waals surface area contributed by atoms with E-state index in [4.69, 9.17) is 0 Å². The van der Waals surface area contributed by atoms with Crippen molar-refractivity contribution in [3.63, 3.8) is 0 Å². The van der Waals surface area contributed by atoms with Crippen LogP contribution in [0.1, 0.15) is 6.92 Å². The molecule has 114 valence electrons. The molecular formula is C14H21N5O2. The minimum atomic E-state index is -0.179. The number of phenols is 2. The van der Waals surface area contributed by atoms with Crippen LogP contribution in [-0.4, -0.2) is 66.3 Å². The van der Waals surface area contributed by atoms with Crippen molar-refractivity contribution >= 4 is 17.6 Å². The average molecular weight is 291 g/mol. The topological polar surface area (TPSA) is 74.9 Å². The summed E-state index contributed by atoms with van der Waals surface area (Å²) in [4.78, 5) is 14.7. The lowest BCUT2D eigenvalue weighted by Crippen LogP contribution is -2.51. The van der Waals surface area contributed by atoms with Crippen molar-refractivity contribution in [2.24, 2.45) is 9.98 Å². The summed E-state index contributed by atoms with van der Waals surface area (Å²) in [5.41, 5.74) is 0.725. The minimum Gasteiger partial charge on any atom is -0.504 e. The van der Waals surface area contributed by atoms with Crippen LogP contribution in [-0.2, 0) is 0 Å². The van der Waals surface area contributed by atoms with Crippen LogP contribution in [0.4, 0.5) is 5.69 Å². The molecule has 0 saturated carbocycles. The van der Waals surface area contributed by atoms with Crippen molar-refractivity contribution in [3.05, 3.63) is 18.2 Å². The van der Waals surface area contributed by atoms with Crippen LogP contribution >= 0.6 is 0 Å². The number of rotatable bonds is 1. The van der Waals surface area contributed by atoms with E-state index in [1.165, 1.54) is 12.1 Å². The standard InChI is InChI=1S/C14H21N5O2/c1-9-15-13(17(2)3)19(5)14(16-9)18(4)10-6-7-11(20)12(21)8-10/h6-9,20-21H,1-5H3. The summed E-state index contributed by atoms with van der Waals surface area (Å²) in [6.07, 6.45) is -0.179. The molecule has 0 aliphatic carbocycles. The molecule has 7 nitrogen and oxygen atoms in total. The first kappa shape index (κ1) is 15.0. The SMILES string of the molecule is CC1N=C(N(C)C)N(C)C(N(C)c2ccc(O)c(O)c2)=N1. The summed E-state index contributed by atoms with van der Waals surface area (Å²) in [5.74, 6) is 1.22. The van der Waals surface area contributed by atoms with Crippen LogP contribution in [0.2, 0.25) is 0 Å². The fourth-order valence-electron chi connectivity index (χ4n) is 2.19. The van der Waals surface area contributed by atoms with E-state index in [0.29, 0.717) is 5.96 Å². The second-order valence-electron chi connectivity index (χ2n) is 5.18. The molecule has 0 amide bonds. The number of guanidine groups is 2. The zero-order valence-electron chi connectivity index (χ0n) is 12.9.